The van der Waals surface area contributed by atoms with E-state index in [9.17, 15) is 5.26 Å². The number of nitriles is 1. The molecule has 26 heavy (non-hydrogen) atoms. The van der Waals surface area contributed by atoms with Gasteiger partial charge >= 0.3 is 0 Å². The van der Waals surface area contributed by atoms with Gasteiger partial charge in [-0.15, -0.1) is 0 Å². The summed E-state index contributed by atoms with van der Waals surface area (Å²) in [6, 6.07) is 21.5. The van der Waals surface area contributed by atoms with Gasteiger partial charge in [0.15, 0.2) is 0 Å². The van der Waals surface area contributed by atoms with Gasteiger partial charge in [0.2, 0.25) is 0 Å². The van der Waals surface area contributed by atoms with Crippen LogP contribution in [-0.2, 0) is 20.1 Å². The van der Waals surface area contributed by atoms with Crippen LogP contribution in [0.4, 0.5) is 0 Å². The lowest BCUT2D eigenvalue weighted by Gasteiger charge is -2.30. The number of quaternary nitrogens is 2. The third-order valence-corrected chi connectivity index (χ3v) is 5.72. The number of nitrogens with one attached hydrogen (secondary N) is 2. The summed E-state index contributed by atoms with van der Waals surface area (Å²) in [6.07, 6.45) is 0. The van der Waals surface area contributed by atoms with Crippen molar-refractivity contribution in [1.29, 1.82) is 5.26 Å². The molecule has 4 heteroatoms. The van der Waals surface area contributed by atoms with Crippen molar-refractivity contribution in [2.24, 2.45) is 7.05 Å². The van der Waals surface area contributed by atoms with Crippen LogP contribution >= 0.6 is 0 Å². The molecule has 1 aromatic heterocycles. The predicted octanol–water partition coefficient (Wildman–Crippen LogP) is 0.534. The maximum atomic E-state index is 9.69. The molecule has 0 atom stereocenters. The summed E-state index contributed by atoms with van der Waals surface area (Å²) in [5.74, 6) is 0. The summed E-state index contributed by atoms with van der Waals surface area (Å²) < 4.78 is 2.21. The molecule has 0 bridgehead atoms. The number of hydrogen-bond acceptors (Lipinski definition) is 1. The molecule has 1 fully saturated rings. The highest BCUT2D eigenvalue weighted by Gasteiger charge is 2.26. The number of piperazine rings is 1. The number of aromatic nitrogens is 1. The van der Waals surface area contributed by atoms with Crippen LogP contribution in [0.1, 0.15) is 16.8 Å². The minimum atomic E-state index is 0.856. The fraction of sp³-hybridized carbons (Fsp3) is 0.318. The number of rotatable bonds is 4. The lowest BCUT2D eigenvalue weighted by molar-refractivity contribution is -1.02. The molecule has 0 aliphatic carbocycles. The zero-order chi connectivity index (χ0) is 17.9. The minimum Gasteiger partial charge on any atom is -0.342 e. The maximum Gasteiger partial charge on any atom is 0.127 e. The second kappa shape index (κ2) is 7.33. The molecule has 0 amide bonds. The first-order valence-corrected chi connectivity index (χ1v) is 9.43. The van der Waals surface area contributed by atoms with Gasteiger partial charge in [0.1, 0.15) is 45.3 Å². The SMILES string of the molecule is Cn1c(C[NH+]2CC[NH+](Cc3ccccc3)CC2)c(C#N)c2ccccc21. The minimum absolute atomic E-state index is 0.856. The second-order valence-electron chi connectivity index (χ2n) is 7.35. The van der Waals surface area contributed by atoms with Crippen molar-refractivity contribution in [1.82, 2.24) is 4.57 Å². The van der Waals surface area contributed by atoms with Crippen LogP contribution in [0.25, 0.3) is 10.9 Å². The number of fused-ring (bicyclic) bond motifs is 1. The average molecular weight is 346 g/mol. The molecule has 1 saturated heterocycles. The lowest BCUT2D eigenvalue weighted by Crippen LogP contribution is -3.27. The zero-order valence-corrected chi connectivity index (χ0v) is 15.3. The smallest absolute Gasteiger partial charge is 0.127 e. The van der Waals surface area contributed by atoms with Crippen molar-refractivity contribution in [3.63, 3.8) is 0 Å². The predicted molar refractivity (Wildman–Crippen MR) is 103 cm³/mol. The van der Waals surface area contributed by atoms with E-state index >= 15 is 0 Å². The molecule has 3 aromatic rings. The molecular formula is C22H26N4+2. The summed E-state index contributed by atoms with van der Waals surface area (Å²) >= 11 is 0. The van der Waals surface area contributed by atoms with Gasteiger partial charge in [-0.1, -0.05) is 48.5 Å². The molecule has 0 saturated carbocycles. The Labute approximate surface area is 154 Å². The average Bonchev–Trinajstić information content (AvgIpc) is 2.96. The fourth-order valence-corrected chi connectivity index (χ4v) is 4.21. The van der Waals surface area contributed by atoms with Crippen LogP contribution in [0.2, 0.25) is 0 Å². The molecular weight excluding hydrogens is 320 g/mol. The monoisotopic (exact) mass is 346 g/mol. The Morgan fingerprint density at radius 2 is 1.50 bits per heavy atom. The van der Waals surface area contributed by atoms with Crippen LogP contribution in [-0.4, -0.2) is 30.7 Å². The number of nitrogens with zero attached hydrogens (tertiary/aromatic N) is 2. The second-order valence-corrected chi connectivity index (χ2v) is 7.35. The Morgan fingerprint density at radius 1 is 0.885 bits per heavy atom. The van der Waals surface area contributed by atoms with Crippen LogP contribution in [0, 0.1) is 11.3 Å². The van der Waals surface area contributed by atoms with Crippen molar-refractivity contribution in [2.75, 3.05) is 26.2 Å². The Bertz CT molecular complexity index is 928. The van der Waals surface area contributed by atoms with Crippen LogP contribution in [0.5, 0.6) is 0 Å². The zero-order valence-electron chi connectivity index (χ0n) is 15.3. The van der Waals surface area contributed by atoms with Crippen LogP contribution in [0.15, 0.2) is 54.6 Å². The molecule has 0 spiro atoms. The van der Waals surface area contributed by atoms with E-state index in [2.05, 4.69) is 60.1 Å². The van der Waals surface area contributed by atoms with Crippen molar-refractivity contribution in [2.45, 2.75) is 13.1 Å². The van der Waals surface area contributed by atoms with E-state index in [4.69, 9.17) is 0 Å². The molecule has 2 heterocycles. The quantitative estimate of drug-likeness (QED) is 0.711. The summed E-state index contributed by atoms with van der Waals surface area (Å²) in [5, 5.41) is 10.8. The van der Waals surface area contributed by atoms with Gasteiger partial charge in [0.25, 0.3) is 0 Å². The van der Waals surface area contributed by atoms with E-state index < -0.39 is 0 Å². The van der Waals surface area contributed by atoms with Gasteiger partial charge in [-0.2, -0.15) is 5.26 Å². The molecule has 0 radical (unpaired) electrons. The molecule has 1 aliphatic heterocycles. The van der Waals surface area contributed by atoms with E-state index in [1.807, 2.05) is 12.1 Å². The van der Waals surface area contributed by atoms with Crippen LogP contribution < -0.4 is 9.80 Å². The maximum absolute atomic E-state index is 9.69. The van der Waals surface area contributed by atoms with Gasteiger partial charge < -0.3 is 14.4 Å². The van der Waals surface area contributed by atoms with E-state index in [1.165, 1.54) is 24.3 Å². The number of benzene rings is 2. The summed E-state index contributed by atoms with van der Waals surface area (Å²) in [7, 11) is 2.09. The van der Waals surface area contributed by atoms with Gasteiger partial charge in [-0.3, -0.25) is 0 Å². The number of para-hydroxylation sites is 1. The normalized spacial score (nSPS) is 20.2. The van der Waals surface area contributed by atoms with Gasteiger partial charge in [0.05, 0.1) is 11.3 Å². The first-order valence-electron chi connectivity index (χ1n) is 9.43. The van der Waals surface area contributed by atoms with Gasteiger partial charge in [-0.25, -0.2) is 0 Å². The topological polar surface area (TPSA) is 37.6 Å². The Kier molecular flexibility index (Phi) is 4.75. The van der Waals surface area contributed by atoms with Crippen LogP contribution in [0.3, 0.4) is 0 Å². The van der Waals surface area contributed by atoms with E-state index in [0.717, 1.165) is 42.6 Å². The van der Waals surface area contributed by atoms with E-state index in [1.54, 1.807) is 9.80 Å². The molecule has 132 valence electrons. The molecule has 1 aliphatic rings. The van der Waals surface area contributed by atoms with Crippen molar-refractivity contribution < 1.29 is 9.80 Å². The lowest BCUT2D eigenvalue weighted by atomic mass is 10.1. The largest absolute Gasteiger partial charge is 0.342 e. The van der Waals surface area contributed by atoms with E-state index in [0.29, 0.717) is 0 Å². The summed E-state index contributed by atoms with van der Waals surface area (Å²) in [5.41, 5.74) is 4.61. The molecule has 4 rings (SSSR count). The summed E-state index contributed by atoms with van der Waals surface area (Å²) in [4.78, 5) is 3.25. The van der Waals surface area contributed by atoms with Gasteiger partial charge in [0, 0.05) is 23.5 Å². The molecule has 2 aromatic carbocycles. The Balaban J connectivity index is 1.44. The fourth-order valence-electron chi connectivity index (χ4n) is 4.21. The van der Waals surface area contributed by atoms with Gasteiger partial charge in [-0.05, 0) is 6.07 Å². The highest BCUT2D eigenvalue weighted by molar-refractivity contribution is 5.87. The summed E-state index contributed by atoms with van der Waals surface area (Å²) in [6.45, 7) is 6.76. The third-order valence-electron chi connectivity index (χ3n) is 5.72. The highest BCUT2D eigenvalue weighted by Crippen LogP contribution is 2.23. The van der Waals surface area contributed by atoms with Crippen molar-refractivity contribution in [3.05, 3.63) is 71.4 Å². The van der Waals surface area contributed by atoms with Crippen molar-refractivity contribution in [3.8, 4) is 6.07 Å². The number of aryl methyl sites for hydroxylation is 1. The Morgan fingerprint density at radius 3 is 2.19 bits per heavy atom. The standard InChI is InChI=1S/C22H24N4/c1-24-21-10-6-5-9-19(21)20(15-23)22(24)17-26-13-11-25(12-14-26)16-18-7-3-2-4-8-18/h2-10H,11-14,16-17H2,1H3/p+2. The first-order chi connectivity index (χ1) is 12.8. The third kappa shape index (κ3) is 3.24. The molecule has 2 N–H and O–H groups in total. The highest BCUT2D eigenvalue weighted by atomic mass is 15.3. The number of hydrogen-bond donors (Lipinski definition) is 2. The van der Waals surface area contributed by atoms with Crippen molar-refractivity contribution >= 4 is 10.9 Å². The molecule has 4 nitrogen and oxygen atoms in total. The molecule has 0 unspecified atom stereocenters. The first kappa shape index (κ1) is 16.8. The Hall–Kier alpha value is -2.61. The van der Waals surface area contributed by atoms with E-state index in [-0.39, 0.29) is 0 Å².